The molecular weight excluding hydrogens is 420 g/mol. The van der Waals surface area contributed by atoms with Crippen LogP contribution in [0.4, 0.5) is 0 Å². The van der Waals surface area contributed by atoms with E-state index in [1.807, 2.05) is 48.5 Å². The third-order valence-corrected chi connectivity index (χ3v) is 6.00. The van der Waals surface area contributed by atoms with Gasteiger partial charge < -0.3 is 9.73 Å². The number of carbonyl (C=O) groups excluding carboxylic acids is 1. The maximum atomic E-state index is 12.0. The van der Waals surface area contributed by atoms with E-state index in [2.05, 4.69) is 44.3 Å². The lowest BCUT2D eigenvalue weighted by molar-refractivity contribution is -0.121. The number of nitrogens with one attached hydrogen (secondary N) is 1. The van der Waals surface area contributed by atoms with Gasteiger partial charge in [-0.3, -0.25) is 9.36 Å². The van der Waals surface area contributed by atoms with E-state index in [4.69, 9.17) is 4.42 Å². The third-order valence-electron chi connectivity index (χ3n) is 4.99. The molecule has 4 rings (SSSR count). The third kappa shape index (κ3) is 6.11. The van der Waals surface area contributed by atoms with Gasteiger partial charge in [0.25, 0.3) is 0 Å². The summed E-state index contributed by atoms with van der Waals surface area (Å²) in [6.45, 7) is 0.435. The summed E-state index contributed by atoms with van der Waals surface area (Å²) in [5.41, 5.74) is 2.26. The van der Waals surface area contributed by atoms with Gasteiger partial charge in [0.1, 0.15) is 11.6 Å². The first kappa shape index (κ1) is 21.9. The number of amides is 1. The molecule has 32 heavy (non-hydrogen) atoms. The number of hydrogen-bond acceptors (Lipinski definition) is 5. The van der Waals surface area contributed by atoms with E-state index in [0.29, 0.717) is 13.0 Å². The van der Waals surface area contributed by atoms with E-state index in [1.165, 1.54) is 5.56 Å². The van der Waals surface area contributed by atoms with Crippen molar-refractivity contribution in [3.63, 3.8) is 0 Å². The van der Waals surface area contributed by atoms with E-state index >= 15 is 0 Å². The number of aromatic nitrogens is 3. The average molecular weight is 447 g/mol. The molecule has 0 fully saturated rings. The van der Waals surface area contributed by atoms with Crippen molar-refractivity contribution in [1.29, 1.82) is 0 Å². The van der Waals surface area contributed by atoms with Gasteiger partial charge in [0.05, 0.1) is 12.8 Å². The van der Waals surface area contributed by atoms with Gasteiger partial charge in [-0.2, -0.15) is 0 Å². The number of rotatable bonds is 11. The summed E-state index contributed by atoms with van der Waals surface area (Å²) in [5, 5.41) is 12.7. The van der Waals surface area contributed by atoms with Gasteiger partial charge in [-0.15, -0.1) is 10.2 Å². The Bertz CT molecular complexity index is 1100. The van der Waals surface area contributed by atoms with Crippen LogP contribution < -0.4 is 5.32 Å². The van der Waals surface area contributed by atoms with E-state index in [0.717, 1.165) is 47.4 Å². The van der Waals surface area contributed by atoms with Crippen LogP contribution in [0.1, 0.15) is 36.4 Å². The summed E-state index contributed by atoms with van der Waals surface area (Å²) in [4.78, 5) is 12.0. The molecule has 4 aromatic rings. The highest BCUT2D eigenvalue weighted by atomic mass is 32.2. The highest BCUT2D eigenvalue weighted by Crippen LogP contribution is 2.24. The van der Waals surface area contributed by atoms with Gasteiger partial charge in [-0.05, 0) is 42.7 Å². The van der Waals surface area contributed by atoms with Crippen LogP contribution in [0.5, 0.6) is 0 Å². The van der Waals surface area contributed by atoms with Crippen molar-refractivity contribution in [3.05, 3.63) is 96.2 Å². The van der Waals surface area contributed by atoms with Gasteiger partial charge in [-0.1, -0.05) is 60.3 Å². The molecule has 1 N–H and O–H groups in total. The largest absolute Gasteiger partial charge is 0.467 e. The van der Waals surface area contributed by atoms with Crippen molar-refractivity contribution in [1.82, 2.24) is 20.1 Å². The number of benzene rings is 2. The van der Waals surface area contributed by atoms with Gasteiger partial charge >= 0.3 is 0 Å². The fourth-order valence-electron chi connectivity index (χ4n) is 3.36. The van der Waals surface area contributed by atoms with E-state index < -0.39 is 0 Å². The van der Waals surface area contributed by atoms with Crippen molar-refractivity contribution < 1.29 is 9.21 Å². The predicted molar refractivity (Wildman–Crippen MR) is 126 cm³/mol. The summed E-state index contributed by atoms with van der Waals surface area (Å²) in [6.07, 6.45) is 4.59. The Hall–Kier alpha value is -3.32. The first-order valence-corrected chi connectivity index (χ1v) is 11.7. The van der Waals surface area contributed by atoms with Crippen LogP contribution in [0.15, 0.2) is 88.6 Å². The van der Waals surface area contributed by atoms with Gasteiger partial charge in [0.2, 0.25) is 5.91 Å². The van der Waals surface area contributed by atoms with Crippen molar-refractivity contribution >= 4 is 17.7 Å². The predicted octanol–water partition coefficient (Wildman–Crippen LogP) is 5.03. The standard InChI is InChI=1S/C25H26N4O2S/c30-24(26-19-22-14-9-16-31-22)15-7-8-17-32-25-28-27-23(18-20-10-3-1-4-11-20)29(25)21-12-5-2-6-13-21/h1-6,9-14,16H,7-8,15,17-19H2,(H,26,30). The molecule has 0 radical (unpaired) electrons. The van der Waals surface area contributed by atoms with Crippen molar-refractivity contribution in [2.75, 3.05) is 5.75 Å². The van der Waals surface area contributed by atoms with Crippen LogP contribution in [-0.4, -0.2) is 26.4 Å². The molecule has 0 spiro atoms. The monoisotopic (exact) mass is 446 g/mol. The first-order valence-electron chi connectivity index (χ1n) is 10.7. The number of para-hydroxylation sites is 1. The zero-order chi connectivity index (χ0) is 22.0. The second kappa shape index (κ2) is 11.3. The van der Waals surface area contributed by atoms with Crippen molar-refractivity contribution in [2.24, 2.45) is 0 Å². The second-order valence-electron chi connectivity index (χ2n) is 7.39. The summed E-state index contributed by atoms with van der Waals surface area (Å²) in [5.74, 6) is 2.61. The zero-order valence-electron chi connectivity index (χ0n) is 17.8. The van der Waals surface area contributed by atoms with E-state index in [1.54, 1.807) is 18.0 Å². The van der Waals surface area contributed by atoms with E-state index in [9.17, 15) is 4.79 Å². The Kier molecular flexibility index (Phi) is 7.76. The minimum absolute atomic E-state index is 0.0454. The summed E-state index contributed by atoms with van der Waals surface area (Å²) in [6, 6.07) is 24.2. The zero-order valence-corrected chi connectivity index (χ0v) is 18.6. The maximum absolute atomic E-state index is 12.0. The van der Waals surface area contributed by atoms with Crippen molar-refractivity contribution in [3.8, 4) is 5.69 Å². The highest BCUT2D eigenvalue weighted by Gasteiger charge is 2.15. The molecule has 0 unspecified atom stereocenters. The molecule has 2 aromatic carbocycles. The Balaban J connectivity index is 1.31. The van der Waals surface area contributed by atoms with E-state index in [-0.39, 0.29) is 5.91 Å². The lowest BCUT2D eigenvalue weighted by atomic mass is 10.1. The molecule has 0 aliphatic carbocycles. The average Bonchev–Trinajstić information content (AvgIpc) is 3.49. The van der Waals surface area contributed by atoms with Gasteiger partial charge in [-0.25, -0.2) is 0 Å². The lowest BCUT2D eigenvalue weighted by Gasteiger charge is -2.10. The Morgan fingerprint density at radius 3 is 2.47 bits per heavy atom. The molecule has 0 atom stereocenters. The molecule has 0 saturated carbocycles. The maximum Gasteiger partial charge on any atom is 0.220 e. The topological polar surface area (TPSA) is 73.0 Å². The fraction of sp³-hybridized carbons (Fsp3) is 0.240. The number of thioether (sulfide) groups is 1. The van der Waals surface area contributed by atoms with Gasteiger partial charge in [0, 0.05) is 24.3 Å². The highest BCUT2D eigenvalue weighted by molar-refractivity contribution is 7.99. The molecule has 0 aliphatic rings. The van der Waals surface area contributed by atoms with Crippen molar-refractivity contribution in [2.45, 2.75) is 37.4 Å². The summed E-state index contributed by atoms with van der Waals surface area (Å²) >= 11 is 1.68. The molecule has 0 saturated heterocycles. The Morgan fingerprint density at radius 1 is 0.938 bits per heavy atom. The fourth-order valence-corrected chi connectivity index (χ4v) is 4.33. The minimum Gasteiger partial charge on any atom is -0.467 e. The first-order chi connectivity index (χ1) is 15.8. The van der Waals surface area contributed by atoms with Crippen LogP contribution in [0.3, 0.4) is 0 Å². The van der Waals surface area contributed by atoms with Gasteiger partial charge in [0.15, 0.2) is 5.16 Å². The van der Waals surface area contributed by atoms with Crippen LogP contribution in [0.25, 0.3) is 5.69 Å². The Morgan fingerprint density at radius 2 is 1.72 bits per heavy atom. The molecule has 6 nitrogen and oxygen atoms in total. The SMILES string of the molecule is O=C(CCCCSc1nnc(Cc2ccccc2)n1-c1ccccc1)NCc1ccco1. The van der Waals surface area contributed by atoms with Crippen LogP contribution >= 0.6 is 11.8 Å². The Labute approximate surface area is 192 Å². The molecule has 2 aromatic heterocycles. The molecule has 1 amide bonds. The molecule has 0 aliphatic heterocycles. The summed E-state index contributed by atoms with van der Waals surface area (Å²) in [7, 11) is 0. The molecule has 164 valence electrons. The number of carbonyl (C=O) groups is 1. The molecule has 2 heterocycles. The number of furan rings is 1. The van der Waals surface area contributed by atoms with Crippen LogP contribution in [0.2, 0.25) is 0 Å². The second-order valence-corrected chi connectivity index (χ2v) is 8.46. The smallest absolute Gasteiger partial charge is 0.220 e. The molecule has 7 heteroatoms. The number of hydrogen-bond donors (Lipinski definition) is 1. The minimum atomic E-state index is 0.0454. The normalized spacial score (nSPS) is 10.9. The summed E-state index contributed by atoms with van der Waals surface area (Å²) < 4.78 is 7.36. The van der Waals surface area contributed by atoms with Crippen LogP contribution in [0, 0.1) is 0 Å². The van der Waals surface area contributed by atoms with Crippen LogP contribution in [-0.2, 0) is 17.8 Å². The molecule has 0 bridgehead atoms. The number of nitrogens with zero attached hydrogens (tertiary/aromatic N) is 3. The molecular formula is C25H26N4O2S. The lowest BCUT2D eigenvalue weighted by Crippen LogP contribution is -2.22. The number of unbranched alkanes of at least 4 members (excludes halogenated alkanes) is 1. The quantitative estimate of drug-likeness (QED) is 0.258.